The number of primary sulfonamides is 1. The monoisotopic (exact) mass is 524 g/mol. The zero-order valence-corrected chi connectivity index (χ0v) is 21.1. The first-order valence-corrected chi connectivity index (χ1v) is 13.3. The van der Waals surface area contributed by atoms with E-state index in [2.05, 4.69) is 15.2 Å². The van der Waals surface area contributed by atoms with Gasteiger partial charge in [-0.05, 0) is 30.3 Å². The number of anilines is 2. The normalized spacial score (nSPS) is 14.5. The van der Waals surface area contributed by atoms with Crippen LogP contribution in [0.15, 0.2) is 65.8 Å². The van der Waals surface area contributed by atoms with Crippen molar-refractivity contribution in [1.29, 1.82) is 0 Å². The van der Waals surface area contributed by atoms with Gasteiger partial charge in [-0.15, -0.1) is 0 Å². The molecule has 4 aromatic rings. The first kappa shape index (κ1) is 25.0. The van der Waals surface area contributed by atoms with E-state index >= 15 is 0 Å². The van der Waals surface area contributed by atoms with Gasteiger partial charge >= 0.3 is 0 Å². The van der Waals surface area contributed by atoms with Crippen molar-refractivity contribution in [3.63, 3.8) is 0 Å². The number of ether oxygens (including phenoxy) is 3. The quantitative estimate of drug-likeness (QED) is 0.339. The zero-order valence-electron chi connectivity index (χ0n) is 20.3. The summed E-state index contributed by atoms with van der Waals surface area (Å²) in [7, 11) is -2.35. The second kappa shape index (κ2) is 10.7. The van der Waals surface area contributed by atoms with E-state index in [1.807, 2.05) is 24.3 Å². The van der Waals surface area contributed by atoms with Crippen LogP contribution < -0.4 is 19.9 Å². The van der Waals surface area contributed by atoms with Gasteiger partial charge in [0, 0.05) is 43.7 Å². The standard InChI is InChI=1S/C25H28N6O5S/c1-34-22-16-18(6-7-21(22)36-15-12-30-10-13-35-14-11-30)20-17-24-27-8-9-31(24)25(29-20)28-19-4-2-3-5-23(19)37(26,32)33/h2-9,16-17H,10-15H2,1H3,(H,28,29)(H2,26,32,33). The van der Waals surface area contributed by atoms with E-state index in [1.54, 1.807) is 42.1 Å². The molecule has 11 nitrogen and oxygen atoms in total. The molecule has 0 radical (unpaired) electrons. The molecule has 0 spiro atoms. The minimum absolute atomic E-state index is 0.0317. The average Bonchev–Trinajstić information content (AvgIpc) is 3.38. The summed E-state index contributed by atoms with van der Waals surface area (Å²) in [5.41, 5.74) is 2.34. The number of imidazole rings is 1. The van der Waals surface area contributed by atoms with Crippen molar-refractivity contribution in [3.05, 3.63) is 60.9 Å². The molecular formula is C25H28N6O5S. The number of nitrogens with one attached hydrogen (secondary N) is 1. The first-order valence-electron chi connectivity index (χ1n) is 11.8. The predicted molar refractivity (Wildman–Crippen MR) is 139 cm³/mol. The Bertz CT molecular complexity index is 1500. The molecular weight excluding hydrogens is 496 g/mol. The third-order valence-electron chi connectivity index (χ3n) is 6.06. The predicted octanol–water partition coefficient (Wildman–Crippen LogP) is 2.51. The lowest BCUT2D eigenvalue weighted by Crippen LogP contribution is -2.38. The molecule has 12 heteroatoms. The smallest absolute Gasteiger partial charge is 0.240 e. The van der Waals surface area contributed by atoms with Crippen molar-refractivity contribution in [2.75, 3.05) is 51.9 Å². The van der Waals surface area contributed by atoms with E-state index in [9.17, 15) is 8.42 Å². The summed E-state index contributed by atoms with van der Waals surface area (Å²) in [6.07, 6.45) is 3.38. The van der Waals surface area contributed by atoms with Gasteiger partial charge < -0.3 is 19.5 Å². The molecule has 1 saturated heterocycles. The van der Waals surface area contributed by atoms with Crippen LogP contribution in [0, 0.1) is 0 Å². The highest BCUT2D eigenvalue weighted by Gasteiger charge is 2.17. The van der Waals surface area contributed by atoms with Crippen LogP contribution in [0.25, 0.3) is 16.9 Å². The molecule has 37 heavy (non-hydrogen) atoms. The Hall–Kier alpha value is -3.71. The Kier molecular flexibility index (Phi) is 7.24. The fourth-order valence-electron chi connectivity index (χ4n) is 4.15. The number of aromatic nitrogens is 3. The maximum atomic E-state index is 12.1. The van der Waals surface area contributed by atoms with Crippen molar-refractivity contribution in [1.82, 2.24) is 19.3 Å². The van der Waals surface area contributed by atoms with Gasteiger partial charge in [-0.3, -0.25) is 9.30 Å². The highest BCUT2D eigenvalue weighted by Crippen LogP contribution is 2.33. The highest BCUT2D eigenvalue weighted by molar-refractivity contribution is 7.89. The van der Waals surface area contributed by atoms with Gasteiger partial charge in [-0.2, -0.15) is 0 Å². The second-order valence-electron chi connectivity index (χ2n) is 8.45. The maximum absolute atomic E-state index is 12.1. The number of nitrogens with two attached hydrogens (primary N) is 1. The molecule has 5 rings (SSSR count). The number of fused-ring (bicyclic) bond motifs is 1. The third-order valence-corrected chi connectivity index (χ3v) is 7.03. The van der Waals surface area contributed by atoms with Crippen LogP contribution in [-0.4, -0.2) is 74.3 Å². The van der Waals surface area contributed by atoms with Crippen LogP contribution in [0.2, 0.25) is 0 Å². The maximum Gasteiger partial charge on any atom is 0.240 e. The topological polar surface area (TPSA) is 133 Å². The summed E-state index contributed by atoms with van der Waals surface area (Å²) in [4.78, 5) is 11.4. The second-order valence-corrected chi connectivity index (χ2v) is 9.98. The van der Waals surface area contributed by atoms with Crippen LogP contribution in [-0.2, 0) is 14.8 Å². The SMILES string of the molecule is COc1cc(-c2cc3nccn3c(Nc3ccccc3S(N)(=O)=O)n2)ccc1OCCN1CCOCC1. The van der Waals surface area contributed by atoms with E-state index in [-0.39, 0.29) is 4.90 Å². The fourth-order valence-corrected chi connectivity index (χ4v) is 4.85. The lowest BCUT2D eigenvalue weighted by molar-refractivity contribution is 0.0321. The third kappa shape index (κ3) is 5.67. The lowest BCUT2D eigenvalue weighted by Gasteiger charge is -2.26. The van der Waals surface area contributed by atoms with Crippen molar-refractivity contribution in [2.24, 2.45) is 5.14 Å². The summed E-state index contributed by atoms with van der Waals surface area (Å²) >= 11 is 0. The largest absolute Gasteiger partial charge is 0.493 e. The summed E-state index contributed by atoms with van der Waals surface area (Å²) in [6, 6.07) is 13.8. The van der Waals surface area contributed by atoms with Crippen LogP contribution >= 0.6 is 0 Å². The summed E-state index contributed by atoms with van der Waals surface area (Å²) in [5, 5.41) is 8.51. The van der Waals surface area contributed by atoms with E-state index in [0.717, 1.165) is 38.4 Å². The Labute approximate surface area is 214 Å². The molecule has 3 heterocycles. The van der Waals surface area contributed by atoms with Gasteiger partial charge in [0.15, 0.2) is 11.5 Å². The summed E-state index contributed by atoms with van der Waals surface area (Å²) in [5.74, 6) is 1.60. The number of rotatable bonds is 9. The van der Waals surface area contributed by atoms with Crippen LogP contribution in [0.1, 0.15) is 0 Å². The Morgan fingerprint density at radius 2 is 1.92 bits per heavy atom. The summed E-state index contributed by atoms with van der Waals surface area (Å²) < 4.78 is 42.9. The minimum Gasteiger partial charge on any atom is -0.493 e. The molecule has 0 bridgehead atoms. The molecule has 0 unspecified atom stereocenters. The van der Waals surface area contributed by atoms with Crippen molar-refractivity contribution < 1.29 is 22.6 Å². The molecule has 0 atom stereocenters. The fraction of sp³-hybridized carbons (Fsp3) is 0.280. The number of para-hydroxylation sites is 1. The minimum atomic E-state index is -3.94. The Balaban J connectivity index is 1.42. The van der Waals surface area contributed by atoms with Crippen molar-refractivity contribution in [3.8, 4) is 22.8 Å². The van der Waals surface area contributed by atoms with E-state index in [0.29, 0.717) is 41.1 Å². The molecule has 0 aliphatic carbocycles. The zero-order chi connectivity index (χ0) is 25.8. The highest BCUT2D eigenvalue weighted by atomic mass is 32.2. The number of benzene rings is 2. The van der Waals surface area contributed by atoms with Gasteiger partial charge in [-0.25, -0.2) is 23.5 Å². The van der Waals surface area contributed by atoms with E-state index in [1.165, 1.54) is 6.07 Å². The Morgan fingerprint density at radius 3 is 2.70 bits per heavy atom. The average molecular weight is 525 g/mol. The number of hydrogen-bond donors (Lipinski definition) is 2. The molecule has 0 saturated carbocycles. The lowest BCUT2D eigenvalue weighted by atomic mass is 10.1. The van der Waals surface area contributed by atoms with Crippen LogP contribution in [0.4, 0.5) is 11.6 Å². The van der Waals surface area contributed by atoms with E-state index in [4.69, 9.17) is 24.3 Å². The number of methoxy groups -OCH3 is 1. The van der Waals surface area contributed by atoms with E-state index < -0.39 is 10.0 Å². The van der Waals surface area contributed by atoms with Crippen LogP contribution in [0.5, 0.6) is 11.5 Å². The number of morpholine rings is 1. The van der Waals surface area contributed by atoms with Gasteiger partial charge in [0.2, 0.25) is 16.0 Å². The molecule has 2 aromatic heterocycles. The molecule has 3 N–H and O–H groups in total. The molecule has 1 fully saturated rings. The van der Waals surface area contributed by atoms with Gasteiger partial charge in [0.1, 0.15) is 17.1 Å². The first-order chi connectivity index (χ1) is 17.9. The number of nitrogens with zero attached hydrogens (tertiary/aromatic N) is 4. The Morgan fingerprint density at radius 1 is 1.11 bits per heavy atom. The molecule has 2 aromatic carbocycles. The van der Waals surface area contributed by atoms with Crippen molar-refractivity contribution in [2.45, 2.75) is 4.90 Å². The molecule has 0 amide bonds. The number of sulfonamides is 1. The van der Waals surface area contributed by atoms with Gasteiger partial charge in [0.05, 0.1) is 31.7 Å². The van der Waals surface area contributed by atoms with Crippen LogP contribution in [0.3, 0.4) is 0 Å². The van der Waals surface area contributed by atoms with Gasteiger partial charge in [-0.1, -0.05) is 12.1 Å². The van der Waals surface area contributed by atoms with Gasteiger partial charge in [0.25, 0.3) is 0 Å². The molecule has 194 valence electrons. The summed E-state index contributed by atoms with van der Waals surface area (Å²) in [6.45, 7) is 4.64. The number of hydrogen-bond acceptors (Lipinski definition) is 9. The molecule has 1 aliphatic heterocycles. The molecule has 1 aliphatic rings. The van der Waals surface area contributed by atoms with Crippen molar-refractivity contribution >= 4 is 27.3 Å².